The second-order valence-electron chi connectivity index (χ2n) is 1.53. The predicted molar refractivity (Wildman–Crippen MR) is 25.0 cm³/mol. The highest BCUT2D eigenvalue weighted by atomic mass is 19.4. The van der Waals surface area contributed by atoms with Crippen molar-refractivity contribution in [3.05, 3.63) is 0 Å². The predicted octanol–water partition coefficient (Wildman–Crippen LogP) is 0.402. The molecule has 7 heteroatoms. The van der Waals surface area contributed by atoms with Crippen molar-refractivity contribution < 1.29 is 23.1 Å². The topological polar surface area (TPSA) is 66.6 Å². The number of rotatable bonds is 1. The molecule has 0 heterocycles. The number of nitrogens with two attached hydrogens (primary N) is 1. The fourth-order valence-corrected chi connectivity index (χ4v) is 0.261. The van der Waals surface area contributed by atoms with Gasteiger partial charge >= 0.3 is 12.3 Å². The average Bonchev–Trinajstić information content (AvgIpc) is 1.60. The minimum Gasteiger partial charge on any atom is -0.464 e. The van der Waals surface area contributed by atoms with Gasteiger partial charge in [-0.25, -0.2) is 15.6 Å². The molecule has 0 atom stereocenters. The van der Waals surface area contributed by atoms with Crippen LogP contribution >= 0.6 is 0 Å². The number of hydrogen-bond acceptors (Lipinski definition) is 2. The molecule has 0 aliphatic heterocycles. The van der Waals surface area contributed by atoms with Gasteiger partial charge in [0.05, 0.1) is 0 Å². The monoisotopic (exact) mass is 158 g/mol. The van der Waals surface area contributed by atoms with Crippen molar-refractivity contribution in [2.24, 2.45) is 5.84 Å². The van der Waals surface area contributed by atoms with E-state index in [9.17, 15) is 18.0 Å². The van der Waals surface area contributed by atoms with E-state index in [0.717, 1.165) is 0 Å². The van der Waals surface area contributed by atoms with Gasteiger partial charge in [-0.15, -0.1) is 0 Å². The van der Waals surface area contributed by atoms with Gasteiger partial charge in [-0.1, -0.05) is 0 Å². The molecule has 0 aliphatic rings. The molecule has 3 N–H and O–H groups in total. The van der Waals surface area contributed by atoms with Gasteiger partial charge in [0.25, 0.3) is 0 Å². The lowest BCUT2D eigenvalue weighted by molar-refractivity contribution is -0.142. The van der Waals surface area contributed by atoms with E-state index in [0.29, 0.717) is 0 Å². The Morgan fingerprint density at radius 1 is 1.60 bits per heavy atom. The first-order chi connectivity index (χ1) is 4.33. The Bertz CT molecular complexity index is 134. The van der Waals surface area contributed by atoms with Crippen LogP contribution in [0, 0.1) is 0 Å². The third-order valence-electron chi connectivity index (χ3n) is 0.595. The summed E-state index contributed by atoms with van der Waals surface area (Å²) in [6, 6.07) is 0. The highest BCUT2D eigenvalue weighted by Crippen LogP contribution is 2.14. The van der Waals surface area contributed by atoms with Crippen molar-refractivity contribution in [2.45, 2.75) is 6.18 Å². The maximum atomic E-state index is 11.3. The Kier molecular flexibility index (Phi) is 2.47. The minimum atomic E-state index is -4.58. The van der Waals surface area contributed by atoms with Crippen LogP contribution < -0.4 is 5.84 Å². The number of carboxylic acid groups (broad SMARTS) is 1. The third kappa shape index (κ3) is 3.96. The molecule has 0 saturated carbocycles. The first kappa shape index (κ1) is 9.02. The molecule has 10 heavy (non-hydrogen) atoms. The van der Waals surface area contributed by atoms with E-state index in [1.54, 1.807) is 0 Å². The van der Waals surface area contributed by atoms with Gasteiger partial charge in [0.2, 0.25) is 0 Å². The molecule has 60 valence electrons. The van der Waals surface area contributed by atoms with E-state index >= 15 is 0 Å². The molecular formula is C3H5F3N2O2. The van der Waals surface area contributed by atoms with Crippen LogP contribution in [0.15, 0.2) is 0 Å². The largest absolute Gasteiger partial charge is 0.464 e. The van der Waals surface area contributed by atoms with Crippen LogP contribution in [0.2, 0.25) is 0 Å². The standard InChI is InChI=1S/C3H5F3N2O2/c4-3(5,6)1-8(7)2(9)10/h1,7H2,(H,9,10). The van der Waals surface area contributed by atoms with E-state index in [2.05, 4.69) is 5.84 Å². The molecule has 0 bridgehead atoms. The smallest absolute Gasteiger partial charge is 0.421 e. The Morgan fingerprint density at radius 3 is 2.10 bits per heavy atom. The van der Waals surface area contributed by atoms with Crippen LogP contribution in [0.1, 0.15) is 0 Å². The third-order valence-corrected chi connectivity index (χ3v) is 0.595. The van der Waals surface area contributed by atoms with E-state index in [1.165, 1.54) is 0 Å². The summed E-state index contributed by atoms with van der Waals surface area (Å²) in [5.74, 6) is 4.42. The number of carbonyl (C=O) groups is 1. The van der Waals surface area contributed by atoms with Crippen molar-refractivity contribution in [1.82, 2.24) is 5.01 Å². The maximum absolute atomic E-state index is 11.3. The molecule has 1 amide bonds. The van der Waals surface area contributed by atoms with Crippen LogP contribution in [0.25, 0.3) is 0 Å². The van der Waals surface area contributed by atoms with Crippen LogP contribution in [0.5, 0.6) is 0 Å². The van der Waals surface area contributed by atoms with Crippen LogP contribution in [0.4, 0.5) is 18.0 Å². The Morgan fingerprint density at radius 2 is 2.00 bits per heavy atom. The summed E-state index contributed by atoms with van der Waals surface area (Å²) in [7, 11) is 0. The van der Waals surface area contributed by atoms with Gasteiger partial charge in [-0.3, -0.25) is 0 Å². The second-order valence-corrected chi connectivity index (χ2v) is 1.53. The molecule has 0 radical (unpaired) electrons. The Labute approximate surface area is 54.0 Å². The first-order valence-corrected chi connectivity index (χ1v) is 2.15. The summed E-state index contributed by atoms with van der Waals surface area (Å²) in [4.78, 5) is 9.68. The summed E-state index contributed by atoms with van der Waals surface area (Å²) in [6.07, 6.45) is -6.38. The summed E-state index contributed by atoms with van der Waals surface area (Å²) in [5, 5.41) is 7.51. The second kappa shape index (κ2) is 2.74. The number of alkyl halides is 3. The molecule has 0 aliphatic carbocycles. The zero-order chi connectivity index (χ0) is 8.36. The number of amides is 1. The normalized spacial score (nSPS) is 11.2. The van der Waals surface area contributed by atoms with Gasteiger partial charge in [0, 0.05) is 0 Å². The zero-order valence-electron chi connectivity index (χ0n) is 4.72. The minimum absolute atomic E-state index is 0.333. The van der Waals surface area contributed by atoms with Crippen LogP contribution in [-0.2, 0) is 0 Å². The highest BCUT2D eigenvalue weighted by molar-refractivity contribution is 5.64. The summed E-state index contributed by atoms with van der Waals surface area (Å²) in [6.45, 7) is -1.65. The molecule has 0 rings (SSSR count). The molecule has 4 nitrogen and oxygen atoms in total. The van der Waals surface area contributed by atoms with E-state index in [4.69, 9.17) is 5.11 Å². The van der Waals surface area contributed by atoms with Gasteiger partial charge in [-0.05, 0) is 0 Å². The quantitative estimate of drug-likeness (QED) is 0.330. The van der Waals surface area contributed by atoms with Crippen molar-refractivity contribution in [3.63, 3.8) is 0 Å². The summed E-state index contributed by atoms with van der Waals surface area (Å²) >= 11 is 0. The molecular weight excluding hydrogens is 153 g/mol. The maximum Gasteiger partial charge on any atom is 0.421 e. The number of nitrogens with zero attached hydrogens (tertiary/aromatic N) is 1. The van der Waals surface area contributed by atoms with Gasteiger partial charge in [-0.2, -0.15) is 13.2 Å². The van der Waals surface area contributed by atoms with Gasteiger partial charge < -0.3 is 5.11 Å². The highest BCUT2D eigenvalue weighted by Gasteiger charge is 2.31. The molecule has 0 aromatic rings. The fraction of sp³-hybridized carbons (Fsp3) is 0.667. The lowest BCUT2D eigenvalue weighted by Gasteiger charge is -2.13. The molecule has 0 fully saturated rings. The van der Waals surface area contributed by atoms with Crippen LogP contribution in [0.3, 0.4) is 0 Å². The zero-order valence-corrected chi connectivity index (χ0v) is 4.72. The molecule has 0 unspecified atom stereocenters. The first-order valence-electron chi connectivity index (χ1n) is 2.15. The molecule has 0 aromatic heterocycles. The van der Waals surface area contributed by atoms with Gasteiger partial charge in [0.1, 0.15) is 6.54 Å². The molecule has 0 aromatic carbocycles. The molecule has 0 spiro atoms. The van der Waals surface area contributed by atoms with Crippen molar-refractivity contribution in [2.75, 3.05) is 6.54 Å². The average molecular weight is 158 g/mol. The number of halogens is 3. The van der Waals surface area contributed by atoms with Crippen molar-refractivity contribution in [3.8, 4) is 0 Å². The summed E-state index contributed by atoms with van der Waals surface area (Å²) < 4.78 is 33.8. The van der Waals surface area contributed by atoms with Crippen LogP contribution in [-0.4, -0.2) is 28.9 Å². The number of hydrazine groups is 1. The SMILES string of the molecule is NN(CC(F)(F)F)C(=O)O. The van der Waals surface area contributed by atoms with E-state index in [1.807, 2.05) is 0 Å². The van der Waals surface area contributed by atoms with E-state index in [-0.39, 0.29) is 5.01 Å². The lowest BCUT2D eigenvalue weighted by Crippen LogP contribution is -2.42. The lowest BCUT2D eigenvalue weighted by atomic mass is 10.6. The van der Waals surface area contributed by atoms with E-state index < -0.39 is 18.8 Å². The summed E-state index contributed by atoms with van der Waals surface area (Å²) in [5.41, 5.74) is 0. The Hall–Kier alpha value is -0.980. The van der Waals surface area contributed by atoms with Crippen molar-refractivity contribution >= 4 is 6.09 Å². The van der Waals surface area contributed by atoms with Crippen molar-refractivity contribution in [1.29, 1.82) is 0 Å². The molecule has 0 saturated heterocycles. The fourth-order valence-electron chi connectivity index (χ4n) is 0.261. The van der Waals surface area contributed by atoms with Gasteiger partial charge in [0.15, 0.2) is 0 Å². The number of hydrogen-bond donors (Lipinski definition) is 2. The Balaban J connectivity index is 3.80.